The molecule has 0 amide bonds. The first kappa shape index (κ1) is 17.3. The van der Waals surface area contributed by atoms with E-state index in [0.29, 0.717) is 29.7 Å². The van der Waals surface area contributed by atoms with Gasteiger partial charge in [-0.2, -0.15) is 0 Å². The van der Waals surface area contributed by atoms with E-state index in [2.05, 4.69) is 10.2 Å². The van der Waals surface area contributed by atoms with Gasteiger partial charge < -0.3 is 19.9 Å². The second-order valence-corrected chi connectivity index (χ2v) is 5.59. The summed E-state index contributed by atoms with van der Waals surface area (Å²) in [5.74, 6) is 1.22. The van der Waals surface area contributed by atoms with Crippen LogP contribution in [0.1, 0.15) is 25.5 Å². The average Bonchev–Trinajstić information content (AvgIpc) is 2.53. The van der Waals surface area contributed by atoms with E-state index in [1.54, 1.807) is 0 Å². The van der Waals surface area contributed by atoms with Crippen LogP contribution < -0.4 is 14.8 Å². The van der Waals surface area contributed by atoms with Gasteiger partial charge in [-0.3, -0.25) is 4.90 Å². The Morgan fingerprint density at radius 1 is 1.23 bits per heavy atom. The van der Waals surface area contributed by atoms with Gasteiger partial charge in [0.15, 0.2) is 11.5 Å². The van der Waals surface area contributed by atoms with Gasteiger partial charge in [-0.05, 0) is 31.5 Å². The summed E-state index contributed by atoms with van der Waals surface area (Å²) in [6, 6.07) is 3.73. The SMILES string of the molecule is CCOc1cc(C(CO)N2CCNCC2)cc(Cl)c1OCC. The van der Waals surface area contributed by atoms with Crippen LogP contribution in [-0.2, 0) is 0 Å². The molecule has 1 aliphatic heterocycles. The standard InChI is InChI=1S/C16H25ClN2O3/c1-3-21-15-10-12(9-13(17)16(15)22-4-2)14(11-20)19-7-5-18-6-8-19/h9-10,14,18,20H,3-8,11H2,1-2H3. The molecule has 1 aliphatic rings. The molecule has 1 saturated heterocycles. The molecular formula is C16H25ClN2O3. The fourth-order valence-electron chi connectivity index (χ4n) is 2.75. The molecule has 0 aliphatic carbocycles. The number of aliphatic hydroxyl groups excluding tert-OH is 1. The van der Waals surface area contributed by atoms with E-state index >= 15 is 0 Å². The van der Waals surface area contributed by atoms with Gasteiger partial charge in [0.2, 0.25) is 0 Å². The van der Waals surface area contributed by atoms with E-state index in [0.717, 1.165) is 31.7 Å². The van der Waals surface area contributed by atoms with Crippen LogP contribution in [0.4, 0.5) is 0 Å². The maximum absolute atomic E-state index is 9.84. The van der Waals surface area contributed by atoms with Crippen molar-refractivity contribution in [2.24, 2.45) is 0 Å². The van der Waals surface area contributed by atoms with Crippen LogP contribution in [0.2, 0.25) is 5.02 Å². The molecule has 0 radical (unpaired) electrons. The highest BCUT2D eigenvalue weighted by Crippen LogP contribution is 2.39. The third-order valence-electron chi connectivity index (χ3n) is 3.77. The van der Waals surface area contributed by atoms with Crippen molar-refractivity contribution in [1.29, 1.82) is 0 Å². The van der Waals surface area contributed by atoms with E-state index in [4.69, 9.17) is 21.1 Å². The lowest BCUT2D eigenvalue weighted by molar-refractivity contribution is 0.110. The molecule has 1 fully saturated rings. The van der Waals surface area contributed by atoms with Gasteiger partial charge in [0.1, 0.15) is 0 Å². The number of hydrogen-bond acceptors (Lipinski definition) is 5. The first-order chi connectivity index (χ1) is 10.7. The molecule has 0 saturated carbocycles. The predicted molar refractivity (Wildman–Crippen MR) is 88.1 cm³/mol. The summed E-state index contributed by atoms with van der Waals surface area (Å²) in [5.41, 5.74) is 0.960. The molecule has 1 aromatic carbocycles. The Balaban J connectivity index is 2.31. The van der Waals surface area contributed by atoms with Crippen LogP contribution in [-0.4, -0.2) is 56.0 Å². The fourth-order valence-corrected chi connectivity index (χ4v) is 3.03. The summed E-state index contributed by atoms with van der Waals surface area (Å²) in [6.07, 6.45) is 0. The summed E-state index contributed by atoms with van der Waals surface area (Å²) in [5, 5.41) is 13.7. The maximum Gasteiger partial charge on any atom is 0.179 e. The van der Waals surface area contributed by atoms with Crippen LogP contribution in [0.3, 0.4) is 0 Å². The lowest BCUT2D eigenvalue weighted by Crippen LogP contribution is -2.46. The first-order valence-electron chi connectivity index (χ1n) is 7.85. The van der Waals surface area contributed by atoms with E-state index in [9.17, 15) is 5.11 Å². The van der Waals surface area contributed by atoms with E-state index < -0.39 is 0 Å². The monoisotopic (exact) mass is 328 g/mol. The first-order valence-corrected chi connectivity index (χ1v) is 8.23. The van der Waals surface area contributed by atoms with Crippen LogP contribution in [0.5, 0.6) is 11.5 Å². The molecule has 1 aromatic rings. The Hall–Kier alpha value is -1.01. The Labute approximate surface area is 137 Å². The predicted octanol–water partition coefficient (Wildman–Crippen LogP) is 2.08. The molecule has 5 nitrogen and oxygen atoms in total. The molecule has 0 aromatic heterocycles. The Morgan fingerprint density at radius 2 is 1.91 bits per heavy atom. The lowest BCUT2D eigenvalue weighted by Gasteiger charge is -2.34. The van der Waals surface area contributed by atoms with E-state index in [-0.39, 0.29) is 12.6 Å². The van der Waals surface area contributed by atoms with Gasteiger partial charge >= 0.3 is 0 Å². The van der Waals surface area contributed by atoms with Gasteiger partial charge in [0.05, 0.1) is 30.9 Å². The van der Waals surface area contributed by atoms with Crippen LogP contribution in [0.15, 0.2) is 12.1 Å². The fraction of sp³-hybridized carbons (Fsp3) is 0.625. The molecule has 22 heavy (non-hydrogen) atoms. The summed E-state index contributed by atoms with van der Waals surface area (Å²) in [6.45, 7) is 8.63. The van der Waals surface area contributed by atoms with Crippen LogP contribution >= 0.6 is 11.6 Å². The number of benzene rings is 1. The summed E-state index contributed by atoms with van der Waals surface area (Å²) in [7, 11) is 0. The molecule has 1 unspecified atom stereocenters. The van der Waals surface area contributed by atoms with E-state index in [1.807, 2.05) is 26.0 Å². The molecule has 0 bridgehead atoms. The van der Waals surface area contributed by atoms with Crippen molar-refractivity contribution in [1.82, 2.24) is 10.2 Å². The van der Waals surface area contributed by atoms with Crippen molar-refractivity contribution in [2.45, 2.75) is 19.9 Å². The minimum atomic E-state index is -0.0746. The quantitative estimate of drug-likeness (QED) is 0.802. The molecule has 1 atom stereocenters. The van der Waals surface area contributed by atoms with Gasteiger partial charge in [-0.25, -0.2) is 0 Å². The van der Waals surface area contributed by atoms with Crippen molar-refractivity contribution in [3.63, 3.8) is 0 Å². The number of rotatable bonds is 7. The minimum absolute atomic E-state index is 0.0515. The average molecular weight is 329 g/mol. The molecular weight excluding hydrogens is 304 g/mol. The smallest absolute Gasteiger partial charge is 0.179 e. The zero-order chi connectivity index (χ0) is 15.9. The highest BCUT2D eigenvalue weighted by molar-refractivity contribution is 6.32. The van der Waals surface area contributed by atoms with Crippen molar-refractivity contribution >= 4 is 11.6 Å². The number of nitrogens with zero attached hydrogens (tertiary/aromatic N) is 1. The molecule has 124 valence electrons. The molecule has 2 N–H and O–H groups in total. The van der Waals surface area contributed by atoms with Gasteiger partial charge in [-0.1, -0.05) is 11.6 Å². The van der Waals surface area contributed by atoms with Gasteiger partial charge in [-0.15, -0.1) is 0 Å². The highest BCUT2D eigenvalue weighted by Gasteiger charge is 2.24. The minimum Gasteiger partial charge on any atom is -0.490 e. The number of piperazine rings is 1. The maximum atomic E-state index is 9.84. The third-order valence-corrected chi connectivity index (χ3v) is 4.05. The van der Waals surface area contributed by atoms with Crippen LogP contribution in [0, 0.1) is 0 Å². The lowest BCUT2D eigenvalue weighted by atomic mass is 10.0. The third kappa shape index (κ3) is 4.04. The highest BCUT2D eigenvalue weighted by atomic mass is 35.5. The Bertz CT molecular complexity index is 479. The topological polar surface area (TPSA) is 54.0 Å². The summed E-state index contributed by atoms with van der Waals surface area (Å²) >= 11 is 6.37. The second kappa shape index (κ2) is 8.58. The van der Waals surface area contributed by atoms with Crippen LogP contribution in [0.25, 0.3) is 0 Å². The largest absolute Gasteiger partial charge is 0.490 e. The number of aliphatic hydroxyl groups is 1. The van der Waals surface area contributed by atoms with E-state index in [1.165, 1.54) is 0 Å². The molecule has 0 spiro atoms. The molecule has 1 heterocycles. The van der Waals surface area contributed by atoms with Gasteiger partial charge in [0, 0.05) is 26.2 Å². The number of halogens is 1. The number of nitrogens with one attached hydrogen (secondary N) is 1. The van der Waals surface area contributed by atoms with Crippen molar-refractivity contribution < 1.29 is 14.6 Å². The summed E-state index contributed by atoms with van der Waals surface area (Å²) in [4.78, 5) is 2.26. The normalized spacial score (nSPS) is 17.3. The molecule has 6 heteroatoms. The zero-order valence-electron chi connectivity index (χ0n) is 13.3. The van der Waals surface area contributed by atoms with Crippen molar-refractivity contribution in [3.05, 3.63) is 22.7 Å². The molecule has 2 rings (SSSR count). The number of hydrogen-bond donors (Lipinski definition) is 2. The Morgan fingerprint density at radius 3 is 2.50 bits per heavy atom. The Kier molecular flexibility index (Phi) is 6.76. The van der Waals surface area contributed by atoms with Crippen molar-refractivity contribution in [2.75, 3.05) is 46.0 Å². The zero-order valence-corrected chi connectivity index (χ0v) is 14.0. The van der Waals surface area contributed by atoms with Crippen molar-refractivity contribution in [3.8, 4) is 11.5 Å². The van der Waals surface area contributed by atoms with Gasteiger partial charge in [0.25, 0.3) is 0 Å². The summed E-state index contributed by atoms with van der Waals surface area (Å²) < 4.78 is 11.3. The second-order valence-electron chi connectivity index (χ2n) is 5.18. The number of ether oxygens (including phenoxy) is 2.